The van der Waals surface area contributed by atoms with Crippen LogP contribution < -0.4 is 0 Å². The number of unbranched alkanes of at least 4 members (excludes halogenated alkanes) is 39. The maximum Gasteiger partial charge on any atom is 0.306 e. The monoisotopic (exact) mass is 981 g/mol. The van der Waals surface area contributed by atoms with Crippen LogP contribution in [0.15, 0.2) is 48.6 Å². The van der Waals surface area contributed by atoms with Gasteiger partial charge in [-0.15, -0.1) is 0 Å². The molecule has 0 fully saturated rings. The maximum absolute atomic E-state index is 12.9. The van der Waals surface area contributed by atoms with Crippen LogP contribution in [0.5, 0.6) is 0 Å². The third-order valence-corrected chi connectivity index (χ3v) is 13.8. The summed E-state index contributed by atoms with van der Waals surface area (Å²) in [7, 11) is 0. The quantitative estimate of drug-likeness (QED) is 0.0345. The molecule has 0 aliphatic rings. The number of allylic oxidation sites excluding steroid dienone is 8. The molecule has 0 bridgehead atoms. The first-order chi connectivity index (χ1) is 34.6. The maximum atomic E-state index is 12.9. The third kappa shape index (κ3) is 58.4. The smallest absolute Gasteiger partial charge is 0.306 e. The lowest BCUT2D eigenvalue weighted by atomic mass is 10.0. The second-order valence-corrected chi connectivity index (χ2v) is 21.0. The van der Waals surface area contributed by atoms with Crippen molar-refractivity contribution in [3.8, 4) is 0 Å². The summed E-state index contributed by atoms with van der Waals surface area (Å²) in [6, 6.07) is 0. The molecule has 0 N–H and O–H groups in total. The summed E-state index contributed by atoms with van der Waals surface area (Å²) in [5.74, 6) is -0.392. The Morgan fingerprint density at radius 3 is 0.971 bits per heavy atom. The Labute approximate surface area is 437 Å². The number of rotatable bonds is 58. The van der Waals surface area contributed by atoms with Gasteiger partial charge in [0.05, 0.1) is 6.61 Å². The van der Waals surface area contributed by atoms with E-state index in [1.165, 1.54) is 244 Å². The lowest BCUT2D eigenvalue weighted by molar-refractivity contribution is -0.163. The summed E-state index contributed by atoms with van der Waals surface area (Å²) < 4.78 is 17.5. The molecule has 1 unspecified atom stereocenters. The van der Waals surface area contributed by atoms with E-state index in [2.05, 4.69) is 69.4 Å². The Hall–Kier alpha value is -2.14. The van der Waals surface area contributed by atoms with Crippen molar-refractivity contribution in [2.75, 3.05) is 19.8 Å². The Balaban J connectivity index is 4.25. The fraction of sp³-hybridized carbons (Fsp3) is 0.846. The zero-order valence-corrected chi connectivity index (χ0v) is 47.3. The summed E-state index contributed by atoms with van der Waals surface area (Å²) in [6.07, 6.45) is 77.1. The van der Waals surface area contributed by atoms with Crippen molar-refractivity contribution < 1.29 is 23.8 Å². The van der Waals surface area contributed by atoms with Crippen LogP contribution >= 0.6 is 0 Å². The average molecular weight is 982 g/mol. The van der Waals surface area contributed by atoms with Crippen LogP contribution in [0.2, 0.25) is 0 Å². The molecule has 0 radical (unpaired) electrons. The van der Waals surface area contributed by atoms with Crippen molar-refractivity contribution in [1.29, 1.82) is 0 Å². The molecule has 0 aliphatic carbocycles. The second kappa shape index (κ2) is 61.2. The topological polar surface area (TPSA) is 61.8 Å². The van der Waals surface area contributed by atoms with Gasteiger partial charge in [0, 0.05) is 19.4 Å². The molecule has 0 aromatic rings. The highest BCUT2D eigenvalue weighted by Crippen LogP contribution is 2.17. The average Bonchev–Trinajstić information content (AvgIpc) is 3.36. The minimum absolute atomic E-state index is 0.0839. The van der Waals surface area contributed by atoms with E-state index in [1.807, 2.05) is 0 Å². The summed E-state index contributed by atoms with van der Waals surface area (Å²) >= 11 is 0. The molecule has 0 saturated carbocycles. The van der Waals surface area contributed by atoms with Gasteiger partial charge >= 0.3 is 11.9 Å². The molecule has 0 saturated heterocycles. The van der Waals surface area contributed by atoms with Crippen LogP contribution in [-0.4, -0.2) is 37.9 Å². The van der Waals surface area contributed by atoms with E-state index < -0.39 is 6.10 Å². The van der Waals surface area contributed by atoms with Gasteiger partial charge in [0.15, 0.2) is 6.10 Å². The largest absolute Gasteiger partial charge is 0.462 e. The normalized spacial score (nSPS) is 12.4. The summed E-state index contributed by atoms with van der Waals surface area (Å²) in [5.41, 5.74) is 0. The Bertz CT molecular complexity index is 1150. The standard InChI is InChI=1S/C65H120O5/c1-4-7-10-13-16-19-22-25-28-31-33-35-37-40-43-46-49-52-55-58-64(66)69-62-63(61-68-60-57-54-51-48-45-42-39-36-32-29-26-23-20-17-14-11-8-5-2)70-65(67)59-56-53-50-47-44-41-38-34-30-27-24-21-18-15-12-9-6-3/h16,18-19,21,25,27-28,30,63H,4-15,17,20,22-24,26,29,31-62H2,1-3H3/b19-16-,21-18-,28-25-,30-27-. The van der Waals surface area contributed by atoms with Crippen molar-refractivity contribution in [2.24, 2.45) is 0 Å². The van der Waals surface area contributed by atoms with Gasteiger partial charge in [0.25, 0.3) is 0 Å². The van der Waals surface area contributed by atoms with Gasteiger partial charge < -0.3 is 14.2 Å². The number of carbonyl (C=O) groups is 2. The predicted molar refractivity (Wildman–Crippen MR) is 307 cm³/mol. The molecule has 70 heavy (non-hydrogen) atoms. The Kier molecular flexibility index (Phi) is 59.3. The highest BCUT2D eigenvalue weighted by Gasteiger charge is 2.18. The van der Waals surface area contributed by atoms with Crippen LogP contribution in [0.4, 0.5) is 0 Å². The molecule has 0 spiro atoms. The zero-order chi connectivity index (χ0) is 50.6. The molecule has 1 atom stereocenters. The van der Waals surface area contributed by atoms with Crippen molar-refractivity contribution in [1.82, 2.24) is 0 Å². The minimum atomic E-state index is -0.541. The van der Waals surface area contributed by atoms with Gasteiger partial charge in [0.1, 0.15) is 6.61 Å². The first kappa shape index (κ1) is 67.9. The summed E-state index contributed by atoms with van der Waals surface area (Å²) in [5, 5.41) is 0. The molecule has 5 nitrogen and oxygen atoms in total. The highest BCUT2D eigenvalue weighted by atomic mass is 16.6. The van der Waals surface area contributed by atoms with E-state index in [9.17, 15) is 9.59 Å². The van der Waals surface area contributed by atoms with E-state index in [4.69, 9.17) is 14.2 Å². The number of hydrogen-bond acceptors (Lipinski definition) is 5. The predicted octanol–water partition coefficient (Wildman–Crippen LogP) is 21.5. The van der Waals surface area contributed by atoms with Gasteiger partial charge in [-0.1, -0.05) is 281 Å². The Morgan fingerprint density at radius 1 is 0.314 bits per heavy atom. The number of carbonyl (C=O) groups excluding carboxylic acids is 2. The molecular weight excluding hydrogens is 861 g/mol. The first-order valence-electron chi connectivity index (χ1n) is 31.2. The van der Waals surface area contributed by atoms with Crippen molar-refractivity contribution in [3.05, 3.63) is 48.6 Å². The Morgan fingerprint density at radius 2 is 0.600 bits per heavy atom. The van der Waals surface area contributed by atoms with Crippen LogP contribution in [0.1, 0.15) is 329 Å². The molecule has 0 amide bonds. The molecule has 5 heteroatoms. The van der Waals surface area contributed by atoms with Gasteiger partial charge in [-0.2, -0.15) is 0 Å². The zero-order valence-electron chi connectivity index (χ0n) is 47.3. The van der Waals surface area contributed by atoms with Crippen molar-refractivity contribution >= 4 is 11.9 Å². The lowest BCUT2D eigenvalue weighted by Crippen LogP contribution is -2.30. The fourth-order valence-electron chi connectivity index (χ4n) is 9.16. The van der Waals surface area contributed by atoms with Gasteiger partial charge in [-0.3, -0.25) is 9.59 Å². The van der Waals surface area contributed by atoms with E-state index >= 15 is 0 Å². The van der Waals surface area contributed by atoms with Crippen LogP contribution in [0, 0.1) is 0 Å². The van der Waals surface area contributed by atoms with Crippen molar-refractivity contribution in [3.63, 3.8) is 0 Å². The first-order valence-corrected chi connectivity index (χ1v) is 31.2. The van der Waals surface area contributed by atoms with Gasteiger partial charge in [-0.25, -0.2) is 0 Å². The number of hydrogen-bond donors (Lipinski definition) is 0. The van der Waals surface area contributed by atoms with E-state index in [1.54, 1.807) is 0 Å². The van der Waals surface area contributed by atoms with Crippen LogP contribution in [0.3, 0.4) is 0 Å². The van der Waals surface area contributed by atoms with Gasteiger partial charge in [-0.05, 0) is 83.5 Å². The number of ether oxygens (including phenoxy) is 3. The number of esters is 2. The lowest BCUT2D eigenvalue weighted by Gasteiger charge is -2.18. The molecule has 410 valence electrons. The summed E-state index contributed by atoms with van der Waals surface area (Å²) in [4.78, 5) is 25.6. The van der Waals surface area contributed by atoms with Crippen LogP contribution in [-0.2, 0) is 23.8 Å². The SMILES string of the molecule is CCCCC/C=C\C/C=C\CCCCCCCCCCCC(=O)OCC(COCCCCCCCCCCCCCCCCCCCC)OC(=O)CCCCCCCCC/C=C\C/C=C\CCCCC. The van der Waals surface area contributed by atoms with Gasteiger partial charge in [0.2, 0.25) is 0 Å². The summed E-state index contributed by atoms with van der Waals surface area (Å²) in [6.45, 7) is 7.83. The van der Waals surface area contributed by atoms with E-state index in [0.29, 0.717) is 19.4 Å². The third-order valence-electron chi connectivity index (χ3n) is 13.8. The molecule has 0 aromatic carbocycles. The highest BCUT2D eigenvalue weighted by molar-refractivity contribution is 5.70. The van der Waals surface area contributed by atoms with Crippen LogP contribution in [0.25, 0.3) is 0 Å². The van der Waals surface area contributed by atoms with E-state index in [-0.39, 0.29) is 25.2 Å². The van der Waals surface area contributed by atoms with Crippen molar-refractivity contribution in [2.45, 2.75) is 335 Å². The van der Waals surface area contributed by atoms with E-state index in [0.717, 1.165) is 51.4 Å². The second-order valence-electron chi connectivity index (χ2n) is 21.0. The fourth-order valence-corrected chi connectivity index (χ4v) is 9.16. The molecule has 0 aliphatic heterocycles. The molecular formula is C65H120O5. The molecule has 0 aromatic heterocycles. The minimum Gasteiger partial charge on any atom is -0.462 e. The molecule has 0 heterocycles. The molecule has 0 rings (SSSR count).